The molecule has 0 fully saturated rings. The number of aliphatic hydroxyl groups excluding tert-OH is 1. The Morgan fingerprint density at radius 1 is 1.27 bits per heavy atom. The SMILES string of the molecule is CC[C@H](C)[C@H](NC(=O)NCC(O)[C@@H](N)CC(C)C)C(=O)OC. The van der Waals surface area contributed by atoms with Gasteiger partial charge in [0.15, 0.2) is 0 Å². The molecule has 0 spiro atoms. The Morgan fingerprint density at radius 2 is 1.86 bits per heavy atom. The Hall–Kier alpha value is -1.34. The highest BCUT2D eigenvalue weighted by Gasteiger charge is 2.27. The molecular weight excluding hydrogens is 286 g/mol. The van der Waals surface area contributed by atoms with E-state index < -0.39 is 30.2 Å². The minimum atomic E-state index is -0.826. The molecule has 1 unspecified atom stereocenters. The van der Waals surface area contributed by atoms with E-state index in [1.165, 1.54) is 7.11 Å². The number of urea groups is 1. The number of aliphatic hydroxyl groups is 1. The summed E-state index contributed by atoms with van der Waals surface area (Å²) in [6.45, 7) is 7.85. The van der Waals surface area contributed by atoms with Crippen molar-refractivity contribution in [2.24, 2.45) is 17.6 Å². The molecule has 7 nitrogen and oxygen atoms in total. The maximum Gasteiger partial charge on any atom is 0.328 e. The quantitative estimate of drug-likeness (QED) is 0.465. The van der Waals surface area contributed by atoms with Gasteiger partial charge in [-0.15, -0.1) is 0 Å². The van der Waals surface area contributed by atoms with Gasteiger partial charge >= 0.3 is 12.0 Å². The van der Waals surface area contributed by atoms with E-state index >= 15 is 0 Å². The minimum absolute atomic E-state index is 0.0358. The van der Waals surface area contributed by atoms with E-state index in [1.807, 2.05) is 27.7 Å². The van der Waals surface area contributed by atoms with Gasteiger partial charge in [0.25, 0.3) is 0 Å². The fourth-order valence-corrected chi connectivity index (χ4v) is 2.04. The molecule has 5 N–H and O–H groups in total. The molecule has 0 saturated carbocycles. The summed E-state index contributed by atoms with van der Waals surface area (Å²) in [5.41, 5.74) is 5.85. The summed E-state index contributed by atoms with van der Waals surface area (Å²) >= 11 is 0. The summed E-state index contributed by atoms with van der Waals surface area (Å²) < 4.78 is 4.69. The van der Waals surface area contributed by atoms with Crippen molar-refractivity contribution in [3.05, 3.63) is 0 Å². The first-order chi connectivity index (χ1) is 10.2. The molecular formula is C15H31N3O4. The van der Waals surface area contributed by atoms with Gasteiger partial charge in [-0.1, -0.05) is 34.1 Å². The Labute approximate surface area is 133 Å². The highest BCUT2D eigenvalue weighted by atomic mass is 16.5. The van der Waals surface area contributed by atoms with Gasteiger partial charge in [-0.2, -0.15) is 0 Å². The van der Waals surface area contributed by atoms with Gasteiger partial charge in [-0.25, -0.2) is 9.59 Å². The summed E-state index contributed by atoms with van der Waals surface area (Å²) in [5.74, 6) is -0.166. The number of hydrogen-bond donors (Lipinski definition) is 4. The molecule has 2 amide bonds. The van der Waals surface area contributed by atoms with E-state index in [-0.39, 0.29) is 12.5 Å². The molecule has 0 heterocycles. The van der Waals surface area contributed by atoms with Crippen LogP contribution in [0.3, 0.4) is 0 Å². The third-order valence-corrected chi connectivity index (χ3v) is 3.66. The lowest BCUT2D eigenvalue weighted by Crippen LogP contribution is -2.52. The van der Waals surface area contributed by atoms with Crippen LogP contribution in [0, 0.1) is 11.8 Å². The van der Waals surface area contributed by atoms with Crippen LogP contribution in [0.2, 0.25) is 0 Å². The van der Waals surface area contributed by atoms with Crippen molar-refractivity contribution in [2.75, 3.05) is 13.7 Å². The molecule has 0 aromatic rings. The van der Waals surface area contributed by atoms with Gasteiger partial charge in [-0.05, 0) is 18.3 Å². The van der Waals surface area contributed by atoms with Gasteiger partial charge in [-0.3, -0.25) is 0 Å². The zero-order valence-corrected chi connectivity index (χ0v) is 14.3. The lowest BCUT2D eigenvalue weighted by Gasteiger charge is -2.24. The molecule has 0 rings (SSSR count). The fourth-order valence-electron chi connectivity index (χ4n) is 2.04. The molecule has 22 heavy (non-hydrogen) atoms. The van der Waals surface area contributed by atoms with Crippen LogP contribution in [0.5, 0.6) is 0 Å². The van der Waals surface area contributed by atoms with Crippen molar-refractivity contribution in [3.63, 3.8) is 0 Å². The van der Waals surface area contributed by atoms with E-state index in [4.69, 9.17) is 10.5 Å². The van der Waals surface area contributed by atoms with Gasteiger partial charge < -0.3 is 26.2 Å². The first-order valence-electron chi connectivity index (χ1n) is 7.78. The number of rotatable bonds is 9. The van der Waals surface area contributed by atoms with Crippen LogP contribution >= 0.6 is 0 Å². The lowest BCUT2D eigenvalue weighted by atomic mass is 9.99. The molecule has 0 saturated heterocycles. The van der Waals surface area contributed by atoms with Gasteiger partial charge in [0.1, 0.15) is 6.04 Å². The first kappa shape index (κ1) is 20.7. The highest BCUT2D eigenvalue weighted by molar-refractivity contribution is 5.83. The van der Waals surface area contributed by atoms with Crippen molar-refractivity contribution < 1.29 is 19.4 Å². The number of carbonyl (C=O) groups is 2. The van der Waals surface area contributed by atoms with E-state index in [9.17, 15) is 14.7 Å². The molecule has 4 atom stereocenters. The largest absolute Gasteiger partial charge is 0.467 e. The van der Waals surface area contributed by atoms with Crippen molar-refractivity contribution in [1.82, 2.24) is 10.6 Å². The molecule has 0 bridgehead atoms. The average Bonchev–Trinajstić information content (AvgIpc) is 2.47. The topological polar surface area (TPSA) is 114 Å². The van der Waals surface area contributed by atoms with Crippen LogP contribution < -0.4 is 16.4 Å². The highest BCUT2D eigenvalue weighted by Crippen LogP contribution is 2.09. The van der Waals surface area contributed by atoms with Crippen LogP contribution in [-0.4, -0.2) is 48.9 Å². The number of ether oxygens (including phenoxy) is 1. The van der Waals surface area contributed by atoms with Crippen molar-refractivity contribution >= 4 is 12.0 Å². The van der Waals surface area contributed by atoms with Crippen LogP contribution in [0.1, 0.15) is 40.5 Å². The molecule has 0 aromatic heterocycles. The van der Waals surface area contributed by atoms with Crippen molar-refractivity contribution in [2.45, 2.75) is 58.7 Å². The van der Waals surface area contributed by atoms with Crippen LogP contribution in [0.15, 0.2) is 0 Å². The summed E-state index contributed by atoms with van der Waals surface area (Å²) in [4.78, 5) is 23.5. The Balaban J connectivity index is 4.38. The number of nitrogens with one attached hydrogen (secondary N) is 2. The molecule has 0 aliphatic carbocycles. The molecule has 0 aliphatic heterocycles. The van der Waals surface area contributed by atoms with Gasteiger partial charge in [0.05, 0.1) is 13.2 Å². The van der Waals surface area contributed by atoms with Gasteiger partial charge in [0.2, 0.25) is 0 Å². The predicted molar refractivity (Wildman–Crippen MR) is 85.2 cm³/mol. The molecule has 7 heteroatoms. The third-order valence-electron chi connectivity index (χ3n) is 3.66. The van der Waals surface area contributed by atoms with Crippen molar-refractivity contribution in [1.29, 1.82) is 0 Å². The molecule has 130 valence electrons. The summed E-state index contributed by atoms with van der Waals surface area (Å²) in [6.07, 6.45) is 0.567. The maximum absolute atomic E-state index is 11.9. The monoisotopic (exact) mass is 317 g/mol. The molecule has 0 aromatic carbocycles. The second kappa shape index (κ2) is 10.4. The van der Waals surface area contributed by atoms with E-state index in [2.05, 4.69) is 10.6 Å². The number of esters is 1. The number of nitrogens with two attached hydrogens (primary N) is 1. The molecule has 0 aliphatic rings. The van der Waals surface area contributed by atoms with E-state index in [0.29, 0.717) is 12.3 Å². The summed E-state index contributed by atoms with van der Waals surface area (Å²) in [5, 5.41) is 15.0. The Morgan fingerprint density at radius 3 is 2.32 bits per heavy atom. The number of hydrogen-bond acceptors (Lipinski definition) is 5. The predicted octanol–water partition coefficient (Wildman–Crippen LogP) is 0.608. The van der Waals surface area contributed by atoms with Crippen LogP contribution in [0.25, 0.3) is 0 Å². The number of methoxy groups -OCH3 is 1. The minimum Gasteiger partial charge on any atom is -0.467 e. The smallest absolute Gasteiger partial charge is 0.328 e. The van der Waals surface area contributed by atoms with Gasteiger partial charge in [0, 0.05) is 12.6 Å². The Bertz CT molecular complexity index is 350. The van der Waals surface area contributed by atoms with Crippen LogP contribution in [-0.2, 0) is 9.53 Å². The average molecular weight is 317 g/mol. The Kier molecular flexibility index (Phi) is 9.76. The summed E-state index contributed by atoms with van der Waals surface area (Å²) in [6, 6.07) is -1.63. The van der Waals surface area contributed by atoms with E-state index in [0.717, 1.165) is 6.42 Å². The van der Waals surface area contributed by atoms with Crippen LogP contribution in [0.4, 0.5) is 4.79 Å². The second-order valence-corrected chi connectivity index (χ2v) is 6.10. The molecule has 0 radical (unpaired) electrons. The zero-order valence-electron chi connectivity index (χ0n) is 14.3. The maximum atomic E-state index is 11.9. The first-order valence-corrected chi connectivity index (χ1v) is 7.78. The summed E-state index contributed by atoms with van der Waals surface area (Å²) in [7, 11) is 1.28. The van der Waals surface area contributed by atoms with E-state index in [1.54, 1.807) is 0 Å². The normalized spacial score (nSPS) is 16.5. The number of amides is 2. The number of carbonyl (C=O) groups excluding carboxylic acids is 2. The fraction of sp³-hybridized carbons (Fsp3) is 0.867. The van der Waals surface area contributed by atoms with Crippen molar-refractivity contribution in [3.8, 4) is 0 Å². The standard InChI is InChI=1S/C15H31N3O4/c1-6-10(4)13(14(20)22-5)18-15(21)17-8-12(19)11(16)7-9(2)3/h9-13,19H,6-8,16H2,1-5H3,(H2,17,18,21)/t10-,11-,12?,13-/m0/s1. The third kappa shape index (κ3) is 7.61. The second-order valence-electron chi connectivity index (χ2n) is 6.10. The lowest BCUT2D eigenvalue weighted by molar-refractivity contribution is -0.144. The zero-order chi connectivity index (χ0) is 17.3.